The van der Waals surface area contributed by atoms with Crippen LogP contribution in [0.3, 0.4) is 0 Å². The van der Waals surface area contributed by atoms with E-state index in [0.717, 1.165) is 32.6 Å². The molecule has 0 aliphatic rings. The second-order valence-corrected chi connectivity index (χ2v) is 5.21. The van der Waals surface area contributed by atoms with E-state index >= 15 is 0 Å². The number of aromatic amines is 1. The molecule has 0 amide bonds. The van der Waals surface area contributed by atoms with Gasteiger partial charge in [-0.15, -0.1) is 0 Å². The Balaban J connectivity index is 2.08. The molecule has 2 N–H and O–H groups in total. The average molecular weight is 330 g/mol. The molecule has 3 rings (SSSR count). The maximum Gasteiger partial charge on any atom is 0.121 e. The fourth-order valence-electron chi connectivity index (χ4n) is 2.04. The molecule has 0 aliphatic carbocycles. The summed E-state index contributed by atoms with van der Waals surface area (Å²) in [6.45, 7) is 0.0379. The molecule has 1 aromatic heterocycles. The van der Waals surface area contributed by atoms with Crippen molar-refractivity contribution in [3.05, 3.63) is 58.6 Å². The lowest BCUT2D eigenvalue weighted by Gasteiger charge is -2.04. The Kier molecular flexibility index (Phi) is 3.62. The number of benzene rings is 2. The normalized spacial score (nSPS) is 10.7. The van der Waals surface area contributed by atoms with Gasteiger partial charge in [0.05, 0.1) is 6.61 Å². The van der Waals surface area contributed by atoms with Crippen LogP contribution in [0.2, 0.25) is 0 Å². The minimum Gasteiger partial charge on any atom is -0.392 e. The smallest absolute Gasteiger partial charge is 0.121 e. The Morgan fingerprint density at radius 1 is 0.950 bits per heavy atom. The molecule has 4 nitrogen and oxygen atoms in total. The second kappa shape index (κ2) is 5.56. The van der Waals surface area contributed by atoms with Gasteiger partial charge < -0.3 is 5.11 Å². The highest BCUT2D eigenvalue weighted by atomic mass is 79.9. The first kappa shape index (κ1) is 13.0. The van der Waals surface area contributed by atoms with Crippen LogP contribution in [-0.4, -0.2) is 20.5 Å². The molecule has 0 radical (unpaired) electrons. The summed E-state index contributed by atoms with van der Waals surface area (Å²) in [5.74, 6) is 0. The van der Waals surface area contributed by atoms with E-state index in [-0.39, 0.29) is 6.61 Å². The SMILES string of the molecule is OCc1ccc(-c2n[nH]nc2-c2ccccc2Br)cc1. The molecule has 0 saturated carbocycles. The molecular weight excluding hydrogens is 318 g/mol. The Morgan fingerprint density at radius 2 is 1.65 bits per heavy atom. The summed E-state index contributed by atoms with van der Waals surface area (Å²) in [6, 6.07) is 15.5. The van der Waals surface area contributed by atoms with Crippen LogP contribution in [-0.2, 0) is 6.61 Å². The third-order valence-electron chi connectivity index (χ3n) is 3.09. The third kappa shape index (κ3) is 2.37. The molecule has 5 heteroatoms. The fraction of sp³-hybridized carbons (Fsp3) is 0.0667. The van der Waals surface area contributed by atoms with Crippen LogP contribution in [0.15, 0.2) is 53.0 Å². The zero-order valence-electron chi connectivity index (χ0n) is 10.5. The van der Waals surface area contributed by atoms with Gasteiger partial charge in [0.25, 0.3) is 0 Å². The second-order valence-electron chi connectivity index (χ2n) is 4.36. The zero-order valence-corrected chi connectivity index (χ0v) is 12.1. The predicted octanol–water partition coefficient (Wildman–Crippen LogP) is 3.39. The van der Waals surface area contributed by atoms with Crippen molar-refractivity contribution in [2.24, 2.45) is 0 Å². The van der Waals surface area contributed by atoms with Crippen molar-refractivity contribution in [2.75, 3.05) is 0 Å². The third-order valence-corrected chi connectivity index (χ3v) is 3.78. The van der Waals surface area contributed by atoms with Crippen molar-refractivity contribution in [3.63, 3.8) is 0 Å². The number of nitrogens with one attached hydrogen (secondary N) is 1. The number of aliphatic hydroxyl groups excluding tert-OH is 1. The lowest BCUT2D eigenvalue weighted by molar-refractivity contribution is 0.282. The van der Waals surface area contributed by atoms with E-state index in [2.05, 4.69) is 31.3 Å². The van der Waals surface area contributed by atoms with E-state index in [1.165, 1.54) is 0 Å². The average Bonchev–Trinajstić information content (AvgIpc) is 2.97. The first-order valence-corrected chi connectivity index (χ1v) is 6.94. The fourth-order valence-corrected chi connectivity index (χ4v) is 2.51. The van der Waals surface area contributed by atoms with Gasteiger partial charge in [-0.1, -0.05) is 58.4 Å². The van der Waals surface area contributed by atoms with Crippen LogP contribution >= 0.6 is 15.9 Å². The quantitative estimate of drug-likeness (QED) is 0.774. The number of H-pyrrole nitrogens is 1. The van der Waals surface area contributed by atoms with E-state index in [9.17, 15) is 0 Å². The van der Waals surface area contributed by atoms with E-state index in [1.807, 2.05) is 48.5 Å². The van der Waals surface area contributed by atoms with Gasteiger partial charge in [0.15, 0.2) is 0 Å². The van der Waals surface area contributed by atoms with E-state index in [0.29, 0.717) is 0 Å². The molecule has 0 saturated heterocycles. The number of halogens is 1. The molecule has 100 valence electrons. The summed E-state index contributed by atoms with van der Waals surface area (Å²) < 4.78 is 0.974. The van der Waals surface area contributed by atoms with Crippen molar-refractivity contribution in [2.45, 2.75) is 6.61 Å². The molecule has 0 bridgehead atoms. The topological polar surface area (TPSA) is 61.8 Å². The molecule has 0 unspecified atom stereocenters. The summed E-state index contributed by atoms with van der Waals surface area (Å²) in [5, 5.41) is 20.3. The minimum absolute atomic E-state index is 0.0379. The Hall–Kier alpha value is -1.98. The largest absolute Gasteiger partial charge is 0.392 e. The van der Waals surface area contributed by atoms with Gasteiger partial charge in [-0.05, 0) is 11.6 Å². The van der Waals surface area contributed by atoms with E-state index in [1.54, 1.807) is 0 Å². The van der Waals surface area contributed by atoms with Crippen molar-refractivity contribution in [1.82, 2.24) is 15.4 Å². The lowest BCUT2D eigenvalue weighted by Crippen LogP contribution is -1.87. The molecule has 3 aromatic rings. The summed E-state index contributed by atoms with van der Waals surface area (Å²) in [7, 11) is 0. The number of hydrogen-bond acceptors (Lipinski definition) is 3. The summed E-state index contributed by atoms with van der Waals surface area (Å²) in [6.07, 6.45) is 0. The lowest BCUT2D eigenvalue weighted by atomic mass is 10.0. The minimum atomic E-state index is 0.0379. The maximum absolute atomic E-state index is 9.09. The van der Waals surface area contributed by atoms with Crippen molar-refractivity contribution in [1.29, 1.82) is 0 Å². The molecule has 0 fully saturated rings. The van der Waals surface area contributed by atoms with Gasteiger partial charge in [0, 0.05) is 15.6 Å². The molecule has 20 heavy (non-hydrogen) atoms. The number of aliphatic hydroxyl groups is 1. The van der Waals surface area contributed by atoms with Gasteiger partial charge in [0.1, 0.15) is 11.4 Å². The number of hydrogen-bond donors (Lipinski definition) is 2. The number of nitrogens with zero attached hydrogens (tertiary/aromatic N) is 2. The maximum atomic E-state index is 9.09. The van der Waals surface area contributed by atoms with Crippen molar-refractivity contribution in [3.8, 4) is 22.5 Å². The van der Waals surface area contributed by atoms with Crippen LogP contribution < -0.4 is 0 Å². The highest BCUT2D eigenvalue weighted by molar-refractivity contribution is 9.10. The van der Waals surface area contributed by atoms with E-state index < -0.39 is 0 Å². The predicted molar refractivity (Wildman–Crippen MR) is 80.9 cm³/mol. The van der Waals surface area contributed by atoms with Gasteiger partial charge in [-0.25, -0.2) is 0 Å². The first-order chi connectivity index (χ1) is 9.79. The Morgan fingerprint density at radius 3 is 2.35 bits per heavy atom. The molecule has 1 heterocycles. The van der Waals surface area contributed by atoms with Crippen LogP contribution in [0.25, 0.3) is 22.5 Å². The van der Waals surface area contributed by atoms with E-state index in [4.69, 9.17) is 5.11 Å². The van der Waals surface area contributed by atoms with Crippen LogP contribution in [0, 0.1) is 0 Å². The van der Waals surface area contributed by atoms with Crippen LogP contribution in [0.5, 0.6) is 0 Å². The van der Waals surface area contributed by atoms with Crippen molar-refractivity contribution < 1.29 is 5.11 Å². The molecular formula is C15H12BrN3O. The van der Waals surface area contributed by atoms with Crippen LogP contribution in [0.4, 0.5) is 0 Å². The first-order valence-electron chi connectivity index (χ1n) is 6.15. The zero-order chi connectivity index (χ0) is 13.9. The molecule has 0 atom stereocenters. The van der Waals surface area contributed by atoms with Gasteiger partial charge >= 0.3 is 0 Å². The Bertz CT molecular complexity index is 722. The summed E-state index contributed by atoms with van der Waals surface area (Å²) in [5.41, 5.74) is 4.42. The highest BCUT2D eigenvalue weighted by Crippen LogP contribution is 2.32. The van der Waals surface area contributed by atoms with Gasteiger partial charge in [-0.3, -0.25) is 0 Å². The summed E-state index contributed by atoms with van der Waals surface area (Å²) in [4.78, 5) is 0. The van der Waals surface area contributed by atoms with Gasteiger partial charge in [-0.2, -0.15) is 15.4 Å². The van der Waals surface area contributed by atoms with Gasteiger partial charge in [0.2, 0.25) is 0 Å². The molecule has 0 spiro atoms. The number of aromatic nitrogens is 3. The monoisotopic (exact) mass is 329 g/mol. The summed E-state index contributed by atoms with van der Waals surface area (Å²) >= 11 is 3.53. The van der Waals surface area contributed by atoms with Crippen molar-refractivity contribution >= 4 is 15.9 Å². The standard InChI is InChI=1S/C15H12BrN3O/c16-13-4-2-1-3-12(13)15-14(17-19-18-15)11-7-5-10(9-20)6-8-11/h1-8,20H,9H2,(H,17,18,19). The molecule has 2 aromatic carbocycles. The highest BCUT2D eigenvalue weighted by Gasteiger charge is 2.14. The van der Waals surface area contributed by atoms with Crippen LogP contribution in [0.1, 0.15) is 5.56 Å². The Labute approximate surface area is 124 Å². The number of rotatable bonds is 3. The molecule has 0 aliphatic heterocycles.